The maximum absolute atomic E-state index is 12.9. The van der Waals surface area contributed by atoms with Gasteiger partial charge in [0.1, 0.15) is 12.4 Å². The van der Waals surface area contributed by atoms with Gasteiger partial charge in [0.2, 0.25) is 0 Å². The molecule has 2 rings (SSSR count). The highest BCUT2D eigenvalue weighted by Crippen LogP contribution is 2.16. The summed E-state index contributed by atoms with van der Waals surface area (Å²) < 4.78 is 17.9. The van der Waals surface area contributed by atoms with Crippen molar-refractivity contribution in [3.63, 3.8) is 0 Å². The number of hydrogen-bond acceptors (Lipinski definition) is 3. The van der Waals surface area contributed by atoms with Crippen LogP contribution in [0.25, 0.3) is 0 Å². The van der Waals surface area contributed by atoms with Crippen LogP contribution >= 0.6 is 0 Å². The summed E-state index contributed by atoms with van der Waals surface area (Å²) in [5.41, 5.74) is 1.23. The molecule has 0 radical (unpaired) electrons. The van der Waals surface area contributed by atoms with Crippen LogP contribution in [-0.2, 0) is 16.1 Å². The van der Waals surface area contributed by atoms with Crippen molar-refractivity contribution >= 4 is 12.1 Å². The monoisotopic (exact) mass is 317 g/mol. The van der Waals surface area contributed by atoms with Crippen LogP contribution in [0.2, 0.25) is 0 Å². The molecule has 0 spiro atoms. The zero-order valence-corrected chi connectivity index (χ0v) is 12.2. The van der Waals surface area contributed by atoms with Crippen molar-refractivity contribution in [2.75, 3.05) is 6.54 Å². The highest BCUT2D eigenvalue weighted by atomic mass is 19.1. The molecule has 0 bridgehead atoms. The Kier molecular flexibility index (Phi) is 5.68. The summed E-state index contributed by atoms with van der Waals surface area (Å²) in [5.74, 6) is -2.53. The summed E-state index contributed by atoms with van der Waals surface area (Å²) in [5, 5.41) is 11.6. The van der Waals surface area contributed by atoms with Gasteiger partial charge in [0, 0.05) is 6.54 Å². The van der Waals surface area contributed by atoms with E-state index in [0.717, 1.165) is 5.56 Å². The molecule has 0 saturated carbocycles. The van der Waals surface area contributed by atoms with E-state index in [9.17, 15) is 19.1 Å². The quantitative estimate of drug-likeness (QED) is 0.859. The molecule has 0 aromatic heterocycles. The van der Waals surface area contributed by atoms with Gasteiger partial charge in [-0.2, -0.15) is 0 Å². The van der Waals surface area contributed by atoms with Crippen molar-refractivity contribution in [3.05, 3.63) is 71.5 Å². The minimum absolute atomic E-state index is 0.0982. The van der Waals surface area contributed by atoms with Gasteiger partial charge in [-0.05, 0) is 23.3 Å². The Hall–Kier alpha value is -2.89. The van der Waals surface area contributed by atoms with Crippen LogP contribution < -0.4 is 5.32 Å². The second kappa shape index (κ2) is 7.93. The average Bonchev–Trinajstić information content (AvgIpc) is 2.55. The minimum atomic E-state index is -1.11. The summed E-state index contributed by atoms with van der Waals surface area (Å²) >= 11 is 0. The number of carbonyl (C=O) groups excluding carboxylic acids is 1. The number of benzene rings is 2. The molecule has 1 amide bonds. The number of hydrogen-bond donors (Lipinski definition) is 2. The summed E-state index contributed by atoms with van der Waals surface area (Å²) in [6, 6.07) is 14.2. The highest BCUT2D eigenvalue weighted by Gasteiger charge is 2.21. The Labute approximate surface area is 132 Å². The van der Waals surface area contributed by atoms with E-state index in [-0.39, 0.29) is 13.2 Å². The summed E-state index contributed by atoms with van der Waals surface area (Å²) in [4.78, 5) is 22.9. The van der Waals surface area contributed by atoms with Crippen molar-refractivity contribution in [2.24, 2.45) is 0 Å². The Morgan fingerprint density at radius 2 is 1.74 bits per heavy atom. The van der Waals surface area contributed by atoms with E-state index in [1.54, 1.807) is 0 Å². The van der Waals surface area contributed by atoms with E-state index in [1.807, 2.05) is 30.3 Å². The summed E-state index contributed by atoms with van der Waals surface area (Å²) in [6.45, 7) is -0.0461. The maximum Gasteiger partial charge on any atom is 0.407 e. The normalized spacial score (nSPS) is 11.5. The fourth-order valence-corrected chi connectivity index (χ4v) is 2.00. The van der Waals surface area contributed by atoms with Gasteiger partial charge in [0.25, 0.3) is 0 Å². The van der Waals surface area contributed by atoms with E-state index in [4.69, 9.17) is 4.74 Å². The van der Waals surface area contributed by atoms with Gasteiger partial charge >= 0.3 is 12.1 Å². The first-order valence-electron chi connectivity index (χ1n) is 6.99. The summed E-state index contributed by atoms with van der Waals surface area (Å²) in [6.07, 6.45) is -0.706. The van der Waals surface area contributed by atoms with E-state index >= 15 is 0 Å². The fraction of sp³-hybridized carbons (Fsp3) is 0.176. The van der Waals surface area contributed by atoms with Crippen LogP contribution in [-0.4, -0.2) is 23.7 Å². The number of alkyl carbamates (subject to hydrolysis) is 1. The number of halogens is 1. The third kappa shape index (κ3) is 5.10. The van der Waals surface area contributed by atoms with Gasteiger partial charge < -0.3 is 15.2 Å². The van der Waals surface area contributed by atoms with Crippen LogP contribution in [0, 0.1) is 5.82 Å². The van der Waals surface area contributed by atoms with Gasteiger partial charge in [0.05, 0.1) is 5.92 Å². The number of carbonyl (C=O) groups is 2. The molecular formula is C17H16FNO4. The number of carboxylic acid groups (broad SMARTS) is 1. The second-order valence-electron chi connectivity index (χ2n) is 4.89. The molecule has 5 nitrogen and oxygen atoms in total. The number of nitrogens with one attached hydrogen (secondary N) is 1. The van der Waals surface area contributed by atoms with Crippen LogP contribution in [0.4, 0.5) is 9.18 Å². The third-order valence-electron chi connectivity index (χ3n) is 3.23. The van der Waals surface area contributed by atoms with Crippen molar-refractivity contribution in [2.45, 2.75) is 12.5 Å². The van der Waals surface area contributed by atoms with Crippen molar-refractivity contribution in [3.8, 4) is 0 Å². The Balaban J connectivity index is 1.87. The van der Waals surface area contributed by atoms with E-state index in [0.29, 0.717) is 5.56 Å². The lowest BCUT2D eigenvalue weighted by Crippen LogP contribution is -2.32. The minimum Gasteiger partial charge on any atom is -0.481 e. The smallest absolute Gasteiger partial charge is 0.407 e. The molecule has 2 N–H and O–H groups in total. The number of carboxylic acids is 1. The lowest BCUT2D eigenvalue weighted by atomic mass is 9.99. The molecule has 6 heteroatoms. The number of rotatable bonds is 6. The predicted molar refractivity (Wildman–Crippen MR) is 81.4 cm³/mol. The van der Waals surface area contributed by atoms with Crippen LogP contribution in [0.15, 0.2) is 54.6 Å². The van der Waals surface area contributed by atoms with E-state index < -0.39 is 23.8 Å². The van der Waals surface area contributed by atoms with E-state index in [2.05, 4.69) is 5.32 Å². The van der Waals surface area contributed by atoms with Crippen LogP contribution in [0.1, 0.15) is 17.0 Å². The molecular weight excluding hydrogens is 301 g/mol. The molecule has 1 atom stereocenters. The molecule has 2 aromatic carbocycles. The van der Waals surface area contributed by atoms with Crippen LogP contribution in [0.3, 0.4) is 0 Å². The lowest BCUT2D eigenvalue weighted by Gasteiger charge is -2.14. The zero-order valence-electron chi connectivity index (χ0n) is 12.2. The first-order valence-corrected chi connectivity index (χ1v) is 6.99. The Morgan fingerprint density at radius 3 is 2.35 bits per heavy atom. The van der Waals surface area contributed by atoms with Gasteiger partial charge in [0.15, 0.2) is 0 Å². The average molecular weight is 317 g/mol. The SMILES string of the molecule is O=C(NCC(C(=O)O)c1ccc(F)cc1)OCc1ccccc1. The molecule has 0 aliphatic carbocycles. The largest absolute Gasteiger partial charge is 0.481 e. The zero-order chi connectivity index (χ0) is 16.7. The lowest BCUT2D eigenvalue weighted by molar-refractivity contribution is -0.138. The van der Waals surface area contributed by atoms with Crippen LogP contribution in [0.5, 0.6) is 0 Å². The number of amides is 1. The molecule has 0 aliphatic rings. The summed E-state index contributed by atoms with van der Waals surface area (Å²) in [7, 11) is 0. The van der Waals surface area contributed by atoms with Gasteiger partial charge in [-0.15, -0.1) is 0 Å². The topological polar surface area (TPSA) is 75.6 Å². The molecule has 2 aromatic rings. The Bertz CT molecular complexity index is 658. The first-order chi connectivity index (χ1) is 11.1. The molecule has 0 aliphatic heterocycles. The van der Waals surface area contributed by atoms with Crippen molar-refractivity contribution in [1.82, 2.24) is 5.32 Å². The molecule has 23 heavy (non-hydrogen) atoms. The fourth-order valence-electron chi connectivity index (χ4n) is 2.00. The molecule has 120 valence electrons. The maximum atomic E-state index is 12.9. The van der Waals surface area contributed by atoms with E-state index in [1.165, 1.54) is 24.3 Å². The van der Waals surface area contributed by atoms with Gasteiger partial charge in [-0.3, -0.25) is 4.79 Å². The first kappa shape index (κ1) is 16.5. The Morgan fingerprint density at radius 1 is 1.09 bits per heavy atom. The predicted octanol–water partition coefficient (Wildman–Crippen LogP) is 2.92. The standard InChI is InChI=1S/C17H16FNO4/c18-14-8-6-13(7-9-14)15(16(20)21)10-19-17(22)23-11-12-4-2-1-3-5-12/h1-9,15H,10-11H2,(H,19,22)(H,20,21). The number of aliphatic carboxylic acids is 1. The molecule has 0 fully saturated rings. The molecule has 0 heterocycles. The van der Waals surface area contributed by atoms with Crippen molar-refractivity contribution in [1.29, 1.82) is 0 Å². The number of ether oxygens (including phenoxy) is 1. The third-order valence-corrected chi connectivity index (χ3v) is 3.23. The van der Waals surface area contributed by atoms with Gasteiger partial charge in [-0.25, -0.2) is 9.18 Å². The second-order valence-corrected chi connectivity index (χ2v) is 4.89. The molecule has 1 unspecified atom stereocenters. The van der Waals surface area contributed by atoms with Crippen molar-refractivity contribution < 1.29 is 23.8 Å². The molecule has 0 saturated heterocycles. The highest BCUT2D eigenvalue weighted by molar-refractivity contribution is 5.77. The van der Waals surface area contributed by atoms with Gasteiger partial charge in [-0.1, -0.05) is 42.5 Å².